The fraction of sp³-hybridized carbons (Fsp3) is 0.400. The fourth-order valence-corrected chi connectivity index (χ4v) is 4.60. The molecule has 1 N–H and O–H groups in total. The number of pyridine rings is 1. The number of carboxylic acids is 1. The van der Waals surface area contributed by atoms with Crippen LogP contribution in [0.1, 0.15) is 30.9 Å². The molecule has 3 rings (SSSR count). The van der Waals surface area contributed by atoms with Crippen LogP contribution in [0.5, 0.6) is 0 Å². The van der Waals surface area contributed by atoms with Crippen LogP contribution in [-0.2, 0) is 4.79 Å². The molecule has 3 atom stereocenters. The van der Waals surface area contributed by atoms with Crippen LogP contribution in [0.2, 0.25) is 0 Å². The molecule has 0 saturated heterocycles. The first kappa shape index (κ1) is 16.4. The van der Waals surface area contributed by atoms with E-state index in [-0.39, 0.29) is 12.3 Å². The van der Waals surface area contributed by atoms with Crippen molar-refractivity contribution in [2.24, 2.45) is 5.92 Å². The number of hydrogen-bond acceptors (Lipinski definition) is 4. The van der Waals surface area contributed by atoms with Crippen molar-refractivity contribution in [1.82, 2.24) is 9.97 Å². The number of carbonyl (C=O) groups is 1. The molecule has 2 heterocycles. The summed E-state index contributed by atoms with van der Waals surface area (Å²) < 4.78 is 27.6. The normalized spacial score (nSPS) is 24.6. The van der Waals surface area contributed by atoms with E-state index in [9.17, 15) is 18.7 Å². The molecule has 0 aliphatic heterocycles. The number of halogens is 3. The molecule has 122 valence electrons. The van der Waals surface area contributed by atoms with Gasteiger partial charge in [-0.05, 0) is 41.3 Å². The molecule has 8 heteroatoms. The van der Waals surface area contributed by atoms with Crippen LogP contribution < -0.4 is 0 Å². The largest absolute Gasteiger partial charge is 0.481 e. The van der Waals surface area contributed by atoms with Crippen molar-refractivity contribution in [2.75, 3.05) is 0 Å². The Bertz CT molecular complexity index is 740. The van der Waals surface area contributed by atoms with E-state index in [4.69, 9.17) is 0 Å². The van der Waals surface area contributed by atoms with Gasteiger partial charge in [0.2, 0.25) is 0 Å². The zero-order valence-electron chi connectivity index (χ0n) is 11.9. The third-order valence-electron chi connectivity index (χ3n) is 4.02. The first-order valence-corrected chi connectivity index (χ1v) is 8.70. The number of rotatable bonds is 3. The van der Waals surface area contributed by atoms with E-state index < -0.39 is 23.9 Å². The first-order chi connectivity index (χ1) is 11.0. The van der Waals surface area contributed by atoms with Gasteiger partial charge in [0, 0.05) is 17.7 Å². The minimum atomic E-state index is -1.09. The summed E-state index contributed by atoms with van der Waals surface area (Å²) in [6.07, 6.45) is 2.29. The van der Waals surface area contributed by atoms with Crippen LogP contribution in [0.25, 0.3) is 10.6 Å². The van der Waals surface area contributed by atoms with Crippen LogP contribution >= 0.6 is 27.3 Å². The molecule has 2 aromatic heterocycles. The predicted molar refractivity (Wildman–Crippen MR) is 85.6 cm³/mol. The Balaban J connectivity index is 1.95. The maximum absolute atomic E-state index is 13.6. The lowest BCUT2D eigenvalue weighted by molar-refractivity contribution is -0.144. The second kappa shape index (κ2) is 6.60. The monoisotopic (exact) mass is 402 g/mol. The highest BCUT2D eigenvalue weighted by Crippen LogP contribution is 2.44. The second-order valence-corrected chi connectivity index (χ2v) is 7.85. The van der Waals surface area contributed by atoms with Gasteiger partial charge >= 0.3 is 5.97 Å². The van der Waals surface area contributed by atoms with Crippen molar-refractivity contribution in [3.05, 3.63) is 33.8 Å². The number of aromatic nitrogens is 2. The molecule has 1 aliphatic rings. The number of aliphatic carboxylic acids is 1. The molecule has 0 radical (unpaired) electrons. The molecular formula is C15H13BrF2N2O2S. The topological polar surface area (TPSA) is 63.1 Å². The zero-order chi connectivity index (χ0) is 16.6. The van der Waals surface area contributed by atoms with E-state index in [0.717, 1.165) is 6.20 Å². The summed E-state index contributed by atoms with van der Waals surface area (Å²) >= 11 is 4.71. The Morgan fingerprint density at radius 3 is 2.87 bits per heavy atom. The summed E-state index contributed by atoms with van der Waals surface area (Å²) in [6.45, 7) is 0. The van der Waals surface area contributed by atoms with Gasteiger partial charge in [-0.15, -0.1) is 11.3 Å². The van der Waals surface area contributed by atoms with Crippen molar-refractivity contribution >= 4 is 33.2 Å². The van der Waals surface area contributed by atoms with Crippen molar-refractivity contribution < 1.29 is 18.7 Å². The average Bonchev–Trinajstić information content (AvgIpc) is 2.89. The van der Waals surface area contributed by atoms with Crippen molar-refractivity contribution in [3.8, 4) is 10.6 Å². The van der Waals surface area contributed by atoms with Crippen molar-refractivity contribution in [2.45, 2.75) is 31.4 Å². The number of hydrogen-bond donors (Lipinski definition) is 1. The summed E-state index contributed by atoms with van der Waals surface area (Å²) in [5.74, 6) is -2.61. The maximum atomic E-state index is 13.6. The van der Waals surface area contributed by atoms with E-state index >= 15 is 0 Å². The molecular weight excluding hydrogens is 390 g/mol. The Morgan fingerprint density at radius 2 is 2.17 bits per heavy atom. The lowest BCUT2D eigenvalue weighted by Gasteiger charge is -2.29. The molecule has 0 bridgehead atoms. The third kappa shape index (κ3) is 3.42. The van der Waals surface area contributed by atoms with E-state index in [2.05, 4.69) is 25.9 Å². The quantitative estimate of drug-likeness (QED) is 0.825. The van der Waals surface area contributed by atoms with Crippen LogP contribution in [0.15, 0.2) is 22.2 Å². The summed E-state index contributed by atoms with van der Waals surface area (Å²) in [5.41, 5.74) is 1.14. The Morgan fingerprint density at radius 1 is 1.39 bits per heavy atom. The Kier molecular flexibility index (Phi) is 4.72. The summed E-state index contributed by atoms with van der Waals surface area (Å²) in [6, 6.07) is 1.33. The molecule has 0 aromatic carbocycles. The van der Waals surface area contributed by atoms with Gasteiger partial charge in [0.1, 0.15) is 17.0 Å². The van der Waals surface area contributed by atoms with E-state index in [0.29, 0.717) is 32.9 Å². The summed E-state index contributed by atoms with van der Waals surface area (Å²) in [7, 11) is 0. The van der Waals surface area contributed by atoms with Gasteiger partial charge in [-0.2, -0.15) is 0 Å². The predicted octanol–water partition coefficient (Wildman–Crippen LogP) is 4.41. The molecule has 23 heavy (non-hydrogen) atoms. The number of alkyl halides is 1. The fourth-order valence-electron chi connectivity index (χ4n) is 2.91. The van der Waals surface area contributed by atoms with Crippen LogP contribution in [0.4, 0.5) is 8.78 Å². The lowest BCUT2D eigenvalue weighted by Crippen LogP contribution is -2.30. The molecule has 1 saturated carbocycles. The molecule has 1 fully saturated rings. The molecule has 2 aromatic rings. The third-order valence-corrected chi connectivity index (χ3v) is 5.82. The molecule has 4 nitrogen and oxygen atoms in total. The molecule has 0 amide bonds. The van der Waals surface area contributed by atoms with Crippen LogP contribution in [-0.4, -0.2) is 27.2 Å². The van der Waals surface area contributed by atoms with E-state index in [1.165, 1.54) is 23.6 Å². The maximum Gasteiger partial charge on any atom is 0.307 e. The molecule has 0 spiro atoms. The SMILES string of the molecule is O=C(O)C1CC(F)CCC1c1nc(-c2cncc(F)c2)sc1Br. The van der Waals surface area contributed by atoms with Gasteiger partial charge < -0.3 is 5.11 Å². The number of thiazole rings is 1. The first-order valence-electron chi connectivity index (χ1n) is 7.09. The van der Waals surface area contributed by atoms with Gasteiger partial charge in [0.25, 0.3) is 0 Å². The van der Waals surface area contributed by atoms with Crippen LogP contribution in [0, 0.1) is 11.7 Å². The van der Waals surface area contributed by atoms with Crippen molar-refractivity contribution in [1.29, 1.82) is 0 Å². The zero-order valence-corrected chi connectivity index (χ0v) is 14.3. The molecule has 3 unspecified atom stereocenters. The number of carboxylic acid groups (broad SMARTS) is 1. The van der Waals surface area contributed by atoms with Gasteiger partial charge in [-0.3, -0.25) is 9.78 Å². The van der Waals surface area contributed by atoms with E-state index in [1.54, 1.807) is 0 Å². The highest BCUT2D eigenvalue weighted by atomic mass is 79.9. The highest BCUT2D eigenvalue weighted by Gasteiger charge is 2.38. The second-order valence-electron chi connectivity index (χ2n) is 5.53. The smallest absolute Gasteiger partial charge is 0.307 e. The minimum absolute atomic E-state index is 0.000814. The van der Waals surface area contributed by atoms with Gasteiger partial charge in [-0.25, -0.2) is 13.8 Å². The van der Waals surface area contributed by atoms with Crippen molar-refractivity contribution in [3.63, 3.8) is 0 Å². The highest BCUT2D eigenvalue weighted by molar-refractivity contribution is 9.11. The van der Waals surface area contributed by atoms with Gasteiger partial charge in [0.15, 0.2) is 0 Å². The van der Waals surface area contributed by atoms with Gasteiger partial charge in [-0.1, -0.05) is 0 Å². The van der Waals surface area contributed by atoms with Gasteiger partial charge in [0.05, 0.1) is 21.6 Å². The minimum Gasteiger partial charge on any atom is -0.481 e. The standard InChI is InChI=1S/C15H13BrF2N2O2S/c16-13-12(10-2-1-8(17)4-11(10)15(21)22)20-14(23-13)7-3-9(18)6-19-5-7/h3,5-6,8,10-11H,1-2,4H2,(H,21,22). The van der Waals surface area contributed by atoms with E-state index in [1.807, 2.05) is 0 Å². The average molecular weight is 403 g/mol. The molecule has 1 aliphatic carbocycles. The van der Waals surface area contributed by atoms with Crippen LogP contribution in [0.3, 0.4) is 0 Å². The Labute approximate surface area is 143 Å². The Hall–Kier alpha value is -1.41. The summed E-state index contributed by atoms with van der Waals surface area (Å²) in [4.78, 5) is 19.7. The number of nitrogens with zero attached hydrogens (tertiary/aromatic N) is 2. The lowest BCUT2D eigenvalue weighted by atomic mass is 9.77. The summed E-state index contributed by atoms with van der Waals surface area (Å²) in [5, 5.41) is 9.93.